The van der Waals surface area contributed by atoms with E-state index in [2.05, 4.69) is 5.32 Å². The summed E-state index contributed by atoms with van der Waals surface area (Å²) in [5.74, 6) is -2.14. The van der Waals surface area contributed by atoms with Crippen LogP contribution in [-0.4, -0.2) is 71.7 Å². The summed E-state index contributed by atoms with van der Waals surface area (Å²) in [6.07, 6.45) is 0.153. The molecule has 1 saturated heterocycles. The number of hydrogen-bond acceptors (Lipinski definition) is 6. The third-order valence-corrected chi connectivity index (χ3v) is 3.37. The molecule has 1 aliphatic heterocycles. The zero-order chi connectivity index (χ0) is 19.2. The molecule has 0 atom stereocenters. The molecule has 0 aliphatic carbocycles. The van der Waals surface area contributed by atoms with Gasteiger partial charge in [-0.15, -0.1) is 0 Å². The van der Waals surface area contributed by atoms with Gasteiger partial charge in [-0.25, -0.2) is 0 Å². The van der Waals surface area contributed by atoms with Crippen LogP contribution in [0.5, 0.6) is 0 Å². The van der Waals surface area contributed by atoms with Crippen LogP contribution in [-0.2, 0) is 28.7 Å². The van der Waals surface area contributed by atoms with E-state index < -0.39 is 24.0 Å². The van der Waals surface area contributed by atoms with Gasteiger partial charge in [0.2, 0.25) is 17.7 Å². The van der Waals surface area contributed by atoms with Crippen LogP contribution in [0.15, 0.2) is 0 Å². The zero-order valence-electron chi connectivity index (χ0n) is 15.1. The Morgan fingerprint density at radius 1 is 1.16 bits per heavy atom. The van der Waals surface area contributed by atoms with Crippen molar-refractivity contribution in [2.45, 2.75) is 45.6 Å². The monoisotopic (exact) mass is 355 g/mol. The van der Waals surface area contributed by atoms with Gasteiger partial charge < -0.3 is 15.0 Å². The number of imide groups is 1. The van der Waals surface area contributed by atoms with Gasteiger partial charge in [0.15, 0.2) is 6.61 Å². The second-order valence-electron chi connectivity index (χ2n) is 6.90. The smallest absolute Gasteiger partial charge is 0.308 e. The number of carbonyl (C=O) groups is 5. The molecule has 0 aromatic rings. The molecule has 1 fully saturated rings. The minimum absolute atomic E-state index is 0.0471. The summed E-state index contributed by atoms with van der Waals surface area (Å²) >= 11 is 0. The van der Waals surface area contributed by atoms with Crippen molar-refractivity contribution in [1.29, 1.82) is 0 Å². The third-order valence-electron chi connectivity index (χ3n) is 3.37. The van der Waals surface area contributed by atoms with Crippen LogP contribution in [0.3, 0.4) is 0 Å². The number of esters is 1. The lowest BCUT2D eigenvalue weighted by Crippen LogP contribution is -2.47. The molecule has 0 unspecified atom stereocenters. The van der Waals surface area contributed by atoms with E-state index in [-0.39, 0.29) is 50.1 Å². The number of likely N-dealkylation sites (N-methyl/N-ethyl adjacent to an activating group) is 1. The standard InChI is InChI=1S/C16H25N3O6/c1-16(2,3)17-11(20)9-18(4)14(23)10-25-15(24)7-8-19-12(21)5-6-13(19)22/h5-10H2,1-4H3,(H,17,20). The zero-order valence-corrected chi connectivity index (χ0v) is 15.1. The molecule has 9 nitrogen and oxygen atoms in total. The molecule has 1 N–H and O–H groups in total. The molecule has 0 aromatic heterocycles. The number of ether oxygens (including phenoxy) is 1. The highest BCUT2D eigenvalue weighted by atomic mass is 16.5. The van der Waals surface area contributed by atoms with E-state index in [4.69, 9.17) is 4.74 Å². The summed E-state index contributed by atoms with van der Waals surface area (Å²) in [7, 11) is 1.43. The first-order valence-electron chi connectivity index (χ1n) is 8.03. The van der Waals surface area contributed by atoms with Gasteiger partial charge in [-0.3, -0.25) is 28.9 Å². The highest BCUT2D eigenvalue weighted by Gasteiger charge is 2.29. The first-order chi connectivity index (χ1) is 11.5. The Kier molecular flexibility index (Phi) is 7.08. The highest BCUT2D eigenvalue weighted by Crippen LogP contribution is 2.11. The van der Waals surface area contributed by atoms with Crippen molar-refractivity contribution in [2.24, 2.45) is 0 Å². The normalized spacial score (nSPS) is 14.5. The van der Waals surface area contributed by atoms with E-state index in [0.29, 0.717) is 0 Å². The predicted molar refractivity (Wildman–Crippen MR) is 87.1 cm³/mol. The Hall–Kier alpha value is -2.45. The van der Waals surface area contributed by atoms with E-state index in [0.717, 1.165) is 9.80 Å². The molecular weight excluding hydrogens is 330 g/mol. The number of likely N-dealkylation sites (tertiary alicyclic amines) is 1. The van der Waals surface area contributed by atoms with Gasteiger partial charge in [0.05, 0.1) is 13.0 Å². The Bertz CT molecular complexity index is 551. The van der Waals surface area contributed by atoms with Crippen molar-refractivity contribution in [3.05, 3.63) is 0 Å². The maximum absolute atomic E-state index is 11.9. The summed E-state index contributed by atoms with van der Waals surface area (Å²) < 4.78 is 4.83. The number of nitrogens with one attached hydrogen (secondary N) is 1. The van der Waals surface area contributed by atoms with E-state index >= 15 is 0 Å². The Morgan fingerprint density at radius 2 is 1.72 bits per heavy atom. The minimum atomic E-state index is -0.687. The topological polar surface area (TPSA) is 113 Å². The quantitative estimate of drug-likeness (QED) is 0.484. The average Bonchev–Trinajstić information content (AvgIpc) is 2.79. The van der Waals surface area contributed by atoms with Gasteiger partial charge in [0.1, 0.15) is 0 Å². The summed E-state index contributed by atoms with van der Waals surface area (Å²) in [4.78, 5) is 60.2. The van der Waals surface area contributed by atoms with Gasteiger partial charge in [-0.2, -0.15) is 0 Å². The average molecular weight is 355 g/mol. The summed E-state index contributed by atoms with van der Waals surface area (Å²) in [5.41, 5.74) is -0.405. The summed E-state index contributed by atoms with van der Waals surface area (Å²) in [6, 6.07) is 0. The van der Waals surface area contributed by atoms with Crippen molar-refractivity contribution in [2.75, 3.05) is 26.7 Å². The van der Waals surface area contributed by atoms with Crippen molar-refractivity contribution < 1.29 is 28.7 Å². The molecule has 4 amide bonds. The SMILES string of the molecule is CN(CC(=O)NC(C)(C)C)C(=O)COC(=O)CCN1C(=O)CCC1=O. The van der Waals surface area contributed by atoms with Gasteiger partial charge in [0, 0.05) is 32.0 Å². The molecule has 0 saturated carbocycles. The predicted octanol–water partition coefficient (Wildman–Crippen LogP) is -0.558. The number of carbonyl (C=O) groups excluding carboxylic acids is 5. The van der Waals surface area contributed by atoms with E-state index in [1.165, 1.54) is 7.05 Å². The fourth-order valence-corrected chi connectivity index (χ4v) is 2.16. The van der Waals surface area contributed by atoms with Crippen molar-refractivity contribution >= 4 is 29.6 Å². The van der Waals surface area contributed by atoms with Crippen LogP contribution >= 0.6 is 0 Å². The summed E-state index contributed by atoms with van der Waals surface area (Å²) in [6.45, 7) is 4.78. The van der Waals surface area contributed by atoms with Gasteiger partial charge in [-0.1, -0.05) is 0 Å². The second kappa shape index (κ2) is 8.59. The fourth-order valence-electron chi connectivity index (χ4n) is 2.16. The third kappa shape index (κ3) is 7.32. The molecule has 1 aliphatic rings. The van der Waals surface area contributed by atoms with Crippen molar-refractivity contribution in [1.82, 2.24) is 15.1 Å². The maximum atomic E-state index is 11.9. The van der Waals surface area contributed by atoms with Crippen LogP contribution in [0, 0.1) is 0 Å². The molecule has 1 rings (SSSR count). The van der Waals surface area contributed by atoms with E-state index in [9.17, 15) is 24.0 Å². The van der Waals surface area contributed by atoms with E-state index in [1.54, 1.807) is 0 Å². The highest BCUT2D eigenvalue weighted by molar-refractivity contribution is 6.02. The number of amides is 4. The van der Waals surface area contributed by atoms with Gasteiger partial charge in [0.25, 0.3) is 5.91 Å². The molecule has 0 radical (unpaired) electrons. The fraction of sp³-hybridized carbons (Fsp3) is 0.688. The minimum Gasteiger partial charge on any atom is -0.456 e. The lowest BCUT2D eigenvalue weighted by Gasteiger charge is -2.23. The Labute approximate surface area is 146 Å². The van der Waals surface area contributed by atoms with Crippen LogP contribution in [0.2, 0.25) is 0 Å². The summed E-state index contributed by atoms with van der Waals surface area (Å²) in [5, 5.41) is 2.72. The van der Waals surface area contributed by atoms with Crippen LogP contribution in [0.1, 0.15) is 40.0 Å². The Balaban J connectivity index is 2.30. The van der Waals surface area contributed by atoms with Crippen LogP contribution < -0.4 is 5.32 Å². The first-order valence-corrected chi connectivity index (χ1v) is 8.03. The first kappa shape index (κ1) is 20.6. The maximum Gasteiger partial charge on any atom is 0.308 e. The van der Waals surface area contributed by atoms with Crippen LogP contribution in [0.4, 0.5) is 0 Å². The number of nitrogens with zero attached hydrogens (tertiary/aromatic N) is 2. The van der Waals surface area contributed by atoms with Gasteiger partial charge in [-0.05, 0) is 20.8 Å². The van der Waals surface area contributed by atoms with Crippen LogP contribution in [0.25, 0.3) is 0 Å². The number of hydrogen-bond donors (Lipinski definition) is 1. The molecule has 25 heavy (non-hydrogen) atoms. The molecule has 1 heterocycles. The van der Waals surface area contributed by atoms with Crippen molar-refractivity contribution in [3.63, 3.8) is 0 Å². The Morgan fingerprint density at radius 3 is 2.24 bits per heavy atom. The molecule has 0 spiro atoms. The lowest BCUT2D eigenvalue weighted by atomic mass is 10.1. The van der Waals surface area contributed by atoms with E-state index in [1.807, 2.05) is 20.8 Å². The lowest BCUT2D eigenvalue weighted by molar-refractivity contribution is -0.152. The largest absolute Gasteiger partial charge is 0.456 e. The molecule has 0 bridgehead atoms. The second-order valence-corrected chi connectivity index (χ2v) is 6.90. The molecule has 140 valence electrons. The molecule has 9 heteroatoms. The number of rotatable bonds is 7. The molecular formula is C16H25N3O6. The molecule has 0 aromatic carbocycles. The van der Waals surface area contributed by atoms with Gasteiger partial charge >= 0.3 is 5.97 Å². The van der Waals surface area contributed by atoms with Crippen molar-refractivity contribution in [3.8, 4) is 0 Å².